The van der Waals surface area contributed by atoms with Gasteiger partial charge in [-0.1, -0.05) is 0 Å². The Morgan fingerprint density at radius 1 is 0.929 bits per heavy atom. The molecule has 0 N–H and O–H groups in total. The molecule has 0 aliphatic heterocycles. The van der Waals surface area contributed by atoms with E-state index in [9.17, 15) is 30.7 Å². The van der Waals surface area contributed by atoms with E-state index in [2.05, 4.69) is 4.74 Å². The zero-order valence-corrected chi connectivity index (χ0v) is 6.97. The lowest BCUT2D eigenvalue weighted by Gasteiger charge is -2.27. The van der Waals surface area contributed by atoms with Gasteiger partial charge in [0.15, 0.2) is 0 Å². The zero-order chi connectivity index (χ0) is 11.6. The number of hydrogen-bond donors (Lipinski definition) is 0. The number of halogens is 7. The highest BCUT2D eigenvalue weighted by atomic mass is 19.4. The van der Waals surface area contributed by atoms with Crippen LogP contribution in [0.5, 0.6) is 0 Å². The largest absolute Gasteiger partial charge is 0.459 e. The molecule has 0 saturated carbocycles. The maximum atomic E-state index is 12.3. The Morgan fingerprint density at radius 3 is 1.64 bits per heavy atom. The lowest BCUT2D eigenvalue weighted by Crippen LogP contribution is -2.54. The monoisotopic (exact) mass is 228 g/mol. The van der Waals surface area contributed by atoms with Gasteiger partial charge in [0.05, 0.1) is 0 Å². The third-order valence-electron chi connectivity index (χ3n) is 1.30. The van der Waals surface area contributed by atoms with Gasteiger partial charge in [0.2, 0.25) is 0 Å². The first-order valence-corrected chi connectivity index (χ1v) is 3.46. The van der Waals surface area contributed by atoms with Crippen molar-refractivity contribution in [1.82, 2.24) is 0 Å². The number of rotatable bonds is 4. The highest BCUT2D eigenvalue weighted by molar-refractivity contribution is 4.90. The first-order valence-electron chi connectivity index (χ1n) is 3.46. The fourth-order valence-electron chi connectivity index (χ4n) is 0.528. The Hall–Kier alpha value is -0.530. The standard InChI is InChI=1S/C6H7F7O/c1-2-14-3-4(7,8)5(9,10)6(11,12)13/h2-3H2,1H3. The minimum Gasteiger partial charge on any atom is -0.375 e. The van der Waals surface area contributed by atoms with E-state index in [0.29, 0.717) is 0 Å². The molecule has 0 radical (unpaired) electrons. The van der Waals surface area contributed by atoms with E-state index in [4.69, 9.17) is 0 Å². The maximum absolute atomic E-state index is 12.3. The second kappa shape index (κ2) is 3.92. The highest BCUT2D eigenvalue weighted by Gasteiger charge is 2.72. The molecule has 86 valence electrons. The summed E-state index contributed by atoms with van der Waals surface area (Å²) in [7, 11) is 0. The van der Waals surface area contributed by atoms with Crippen molar-refractivity contribution >= 4 is 0 Å². The van der Waals surface area contributed by atoms with Crippen LogP contribution in [-0.4, -0.2) is 31.2 Å². The summed E-state index contributed by atoms with van der Waals surface area (Å²) < 4.78 is 87.0. The maximum Gasteiger partial charge on any atom is 0.459 e. The van der Waals surface area contributed by atoms with Gasteiger partial charge in [0.25, 0.3) is 0 Å². The average molecular weight is 228 g/mol. The van der Waals surface area contributed by atoms with Crippen LogP contribution >= 0.6 is 0 Å². The van der Waals surface area contributed by atoms with Crippen molar-refractivity contribution in [2.24, 2.45) is 0 Å². The molecule has 0 rings (SSSR count). The van der Waals surface area contributed by atoms with Crippen LogP contribution in [0.4, 0.5) is 30.7 Å². The molecule has 0 aromatic heterocycles. The fourth-order valence-corrected chi connectivity index (χ4v) is 0.528. The molecule has 0 atom stereocenters. The van der Waals surface area contributed by atoms with E-state index in [1.54, 1.807) is 0 Å². The molecule has 0 aliphatic rings. The smallest absolute Gasteiger partial charge is 0.375 e. The Labute approximate surface area is 74.8 Å². The van der Waals surface area contributed by atoms with Gasteiger partial charge in [-0.3, -0.25) is 0 Å². The molecule has 0 aromatic rings. The molecule has 0 unspecified atom stereocenters. The zero-order valence-electron chi connectivity index (χ0n) is 6.97. The van der Waals surface area contributed by atoms with Gasteiger partial charge < -0.3 is 4.74 Å². The summed E-state index contributed by atoms with van der Waals surface area (Å²) in [6.45, 7) is -1.14. The van der Waals surface area contributed by atoms with E-state index < -0.39 is 24.6 Å². The molecule has 0 aliphatic carbocycles. The van der Waals surface area contributed by atoms with Gasteiger partial charge in [0, 0.05) is 6.61 Å². The molecule has 0 spiro atoms. The average Bonchev–Trinajstić information content (AvgIpc) is 1.98. The Morgan fingerprint density at radius 2 is 1.36 bits per heavy atom. The number of alkyl halides is 7. The summed E-state index contributed by atoms with van der Waals surface area (Å²) >= 11 is 0. The second-order valence-corrected chi connectivity index (χ2v) is 2.41. The molecule has 8 heteroatoms. The molecule has 14 heavy (non-hydrogen) atoms. The predicted molar refractivity (Wildman–Crippen MR) is 32.4 cm³/mol. The molecular weight excluding hydrogens is 221 g/mol. The van der Waals surface area contributed by atoms with E-state index in [1.165, 1.54) is 6.92 Å². The number of hydrogen-bond acceptors (Lipinski definition) is 1. The van der Waals surface area contributed by atoms with Crippen LogP contribution in [0.2, 0.25) is 0 Å². The third-order valence-corrected chi connectivity index (χ3v) is 1.30. The first-order chi connectivity index (χ1) is 6.06. The van der Waals surface area contributed by atoms with E-state index in [0.717, 1.165) is 0 Å². The summed E-state index contributed by atoms with van der Waals surface area (Å²) in [5, 5.41) is 0. The molecule has 0 fully saturated rings. The van der Waals surface area contributed by atoms with Crippen LogP contribution in [0, 0.1) is 0 Å². The van der Waals surface area contributed by atoms with Gasteiger partial charge in [-0.25, -0.2) is 0 Å². The molecule has 1 nitrogen and oxygen atoms in total. The molecule has 0 amide bonds. The highest BCUT2D eigenvalue weighted by Crippen LogP contribution is 2.46. The first kappa shape index (κ1) is 13.5. The van der Waals surface area contributed by atoms with Crippen LogP contribution in [0.25, 0.3) is 0 Å². The van der Waals surface area contributed by atoms with Gasteiger partial charge >= 0.3 is 18.0 Å². The minimum atomic E-state index is -6.28. The molecule has 0 heterocycles. The topological polar surface area (TPSA) is 9.23 Å². The van der Waals surface area contributed by atoms with Crippen LogP contribution in [0.15, 0.2) is 0 Å². The van der Waals surface area contributed by atoms with Crippen LogP contribution in [-0.2, 0) is 4.74 Å². The summed E-state index contributed by atoms with van der Waals surface area (Å²) in [6.07, 6.45) is -6.28. The van der Waals surface area contributed by atoms with Crippen molar-refractivity contribution in [3.8, 4) is 0 Å². The van der Waals surface area contributed by atoms with E-state index >= 15 is 0 Å². The summed E-state index contributed by atoms with van der Waals surface area (Å²) in [5.74, 6) is -11.3. The predicted octanol–water partition coefficient (Wildman–Crippen LogP) is 2.86. The van der Waals surface area contributed by atoms with Gasteiger partial charge in [-0.15, -0.1) is 0 Å². The summed E-state index contributed by atoms with van der Waals surface area (Å²) in [4.78, 5) is 0. The molecule has 0 bridgehead atoms. The Balaban J connectivity index is 4.69. The van der Waals surface area contributed by atoms with Gasteiger partial charge in [0.1, 0.15) is 6.61 Å². The van der Waals surface area contributed by atoms with Crippen molar-refractivity contribution in [3.05, 3.63) is 0 Å². The second-order valence-electron chi connectivity index (χ2n) is 2.41. The lowest BCUT2D eigenvalue weighted by atomic mass is 10.2. The Kier molecular flexibility index (Phi) is 3.77. The molecule has 0 saturated heterocycles. The van der Waals surface area contributed by atoms with Gasteiger partial charge in [-0.05, 0) is 6.92 Å². The van der Waals surface area contributed by atoms with Crippen molar-refractivity contribution in [2.75, 3.05) is 13.2 Å². The quantitative estimate of drug-likeness (QED) is 0.672. The van der Waals surface area contributed by atoms with Crippen molar-refractivity contribution < 1.29 is 35.5 Å². The molecular formula is C6H7F7O. The normalized spacial score (nSPS) is 14.6. The van der Waals surface area contributed by atoms with Crippen molar-refractivity contribution in [3.63, 3.8) is 0 Å². The van der Waals surface area contributed by atoms with Crippen LogP contribution in [0.1, 0.15) is 6.92 Å². The Bertz CT molecular complexity index is 185. The fraction of sp³-hybridized carbons (Fsp3) is 1.00. The van der Waals surface area contributed by atoms with E-state index in [-0.39, 0.29) is 6.61 Å². The third kappa shape index (κ3) is 2.49. The SMILES string of the molecule is CCOCC(F)(F)C(F)(F)C(F)(F)F. The van der Waals surface area contributed by atoms with Gasteiger partial charge in [-0.2, -0.15) is 30.7 Å². The minimum absolute atomic E-state index is 0.372. The van der Waals surface area contributed by atoms with Crippen molar-refractivity contribution in [1.29, 1.82) is 0 Å². The summed E-state index contributed by atoms with van der Waals surface area (Å²) in [6, 6.07) is 0. The van der Waals surface area contributed by atoms with Crippen molar-refractivity contribution in [2.45, 2.75) is 24.9 Å². The summed E-state index contributed by atoms with van der Waals surface area (Å²) in [5.41, 5.74) is 0. The van der Waals surface area contributed by atoms with Crippen LogP contribution in [0.3, 0.4) is 0 Å². The lowest BCUT2D eigenvalue weighted by molar-refractivity contribution is -0.361. The number of ether oxygens (including phenoxy) is 1. The molecule has 0 aromatic carbocycles. The van der Waals surface area contributed by atoms with E-state index in [1.807, 2.05) is 0 Å². The van der Waals surface area contributed by atoms with Crippen LogP contribution < -0.4 is 0 Å².